The smallest absolute Gasteiger partial charge is 0.162 e. The molecule has 0 unspecified atom stereocenters. The van der Waals surface area contributed by atoms with Gasteiger partial charge in [-0.3, -0.25) is 4.79 Å². The summed E-state index contributed by atoms with van der Waals surface area (Å²) >= 11 is 0. The molecule has 0 heterocycles. The van der Waals surface area contributed by atoms with E-state index in [2.05, 4.69) is 6.58 Å². The van der Waals surface area contributed by atoms with Crippen LogP contribution in [0.1, 0.15) is 36.0 Å². The average Bonchev–Trinajstić information content (AvgIpc) is 2.55. The van der Waals surface area contributed by atoms with Crippen LogP contribution in [0.3, 0.4) is 0 Å². The van der Waals surface area contributed by atoms with Gasteiger partial charge in [-0.1, -0.05) is 30.9 Å². The molecule has 0 N–H and O–H groups in total. The third kappa shape index (κ3) is 4.95. The first-order valence-electron chi connectivity index (χ1n) is 7.60. The molecule has 4 heteroatoms. The molecular formula is C19H19O4-. The van der Waals surface area contributed by atoms with E-state index in [9.17, 15) is 14.7 Å². The lowest BCUT2D eigenvalue weighted by atomic mass is 10.0. The highest BCUT2D eigenvalue weighted by molar-refractivity contribution is 6.00. The van der Waals surface area contributed by atoms with Crippen molar-refractivity contribution in [1.29, 1.82) is 0 Å². The zero-order valence-corrected chi connectivity index (χ0v) is 12.9. The Kier molecular flexibility index (Phi) is 5.92. The maximum absolute atomic E-state index is 12.1. The average molecular weight is 311 g/mol. The number of carbonyl (C=O) groups is 2. The fraction of sp³-hybridized carbons (Fsp3) is 0.263. The number of carboxylic acid groups (broad SMARTS) is 1. The summed E-state index contributed by atoms with van der Waals surface area (Å²) in [5.41, 5.74) is 0.644. The van der Waals surface area contributed by atoms with Crippen LogP contribution in [-0.2, 0) is 4.79 Å². The third-order valence-corrected chi connectivity index (χ3v) is 3.54. The van der Waals surface area contributed by atoms with Crippen LogP contribution in [0.5, 0.6) is 5.75 Å². The number of unbranched alkanes of at least 4 members (excludes halogenated alkanes) is 1. The predicted octanol–water partition coefficient (Wildman–Crippen LogP) is 2.90. The number of rotatable bonds is 9. The molecule has 0 aliphatic rings. The monoisotopic (exact) mass is 311 g/mol. The van der Waals surface area contributed by atoms with Gasteiger partial charge in [-0.25, -0.2) is 0 Å². The summed E-state index contributed by atoms with van der Waals surface area (Å²) in [4.78, 5) is 22.5. The topological polar surface area (TPSA) is 66.4 Å². The molecule has 0 aliphatic carbocycles. The molecule has 23 heavy (non-hydrogen) atoms. The molecule has 4 nitrogen and oxygen atoms in total. The summed E-state index contributed by atoms with van der Waals surface area (Å²) in [5, 5.41) is 12.3. The van der Waals surface area contributed by atoms with Crippen LogP contribution >= 0.6 is 0 Å². The normalized spacial score (nSPS) is 10.4. The number of aliphatic carboxylic acids is 1. The molecule has 0 radical (unpaired) electrons. The van der Waals surface area contributed by atoms with E-state index in [0.717, 1.165) is 16.5 Å². The van der Waals surface area contributed by atoms with Gasteiger partial charge in [-0.15, -0.1) is 0 Å². The van der Waals surface area contributed by atoms with Crippen LogP contribution < -0.4 is 9.84 Å². The summed E-state index contributed by atoms with van der Waals surface area (Å²) in [5.74, 6) is -0.284. The maximum atomic E-state index is 12.1. The van der Waals surface area contributed by atoms with Gasteiger partial charge in [0.1, 0.15) is 12.4 Å². The number of hydrogen-bond acceptors (Lipinski definition) is 4. The minimum absolute atomic E-state index is 0.00150. The first-order valence-corrected chi connectivity index (χ1v) is 7.60. The summed E-state index contributed by atoms with van der Waals surface area (Å²) in [6, 6.07) is 11.2. The highest BCUT2D eigenvalue weighted by Gasteiger charge is 2.07. The molecule has 0 amide bonds. The van der Waals surface area contributed by atoms with Crippen LogP contribution in [-0.4, -0.2) is 18.4 Å². The Morgan fingerprint density at radius 1 is 1.04 bits per heavy atom. The molecule has 2 aromatic rings. The van der Waals surface area contributed by atoms with Gasteiger partial charge in [0.05, 0.1) is 0 Å². The van der Waals surface area contributed by atoms with Crippen molar-refractivity contribution in [3.05, 3.63) is 54.6 Å². The molecule has 0 aliphatic heterocycles. The number of ketones is 1. The van der Waals surface area contributed by atoms with Crippen molar-refractivity contribution in [1.82, 2.24) is 0 Å². The second-order valence-corrected chi connectivity index (χ2v) is 5.33. The molecule has 0 aromatic heterocycles. The first-order chi connectivity index (χ1) is 11.1. The van der Waals surface area contributed by atoms with Crippen LogP contribution in [0, 0.1) is 0 Å². The van der Waals surface area contributed by atoms with Gasteiger partial charge in [0.25, 0.3) is 0 Å². The van der Waals surface area contributed by atoms with Gasteiger partial charge in [0, 0.05) is 18.0 Å². The number of Topliss-reactive ketones (excluding diaryl/α,β-unsaturated/α-hetero) is 1. The second kappa shape index (κ2) is 8.13. The Morgan fingerprint density at radius 2 is 1.74 bits per heavy atom. The third-order valence-electron chi connectivity index (χ3n) is 3.54. The van der Waals surface area contributed by atoms with Crippen LogP contribution in [0.25, 0.3) is 10.8 Å². The summed E-state index contributed by atoms with van der Waals surface area (Å²) in [6.45, 7) is 4.06. The van der Waals surface area contributed by atoms with E-state index in [1.807, 2.05) is 30.3 Å². The molecule has 2 aromatic carbocycles. The second-order valence-electron chi connectivity index (χ2n) is 5.33. The Balaban J connectivity index is 2.03. The summed E-state index contributed by atoms with van der Waals surface area (Å²) < 4.78 is 5.49. The number of fused-ring (bicyclic) bond motifs is 1. The molecule has 0 saturated heterocycles. The fourth-order valence-electron chi connectivity index (χ4n) is 2.34. The van der Waals surface area contributed by atoms with Gasteiger partial charge in [0.15, 0.2) is 5.78 Å². The van der Waals surface area contributed by atoms with E-state index in [4.69, 9.17) is 4.74 Å². The molecule has 0 bridgehead atoms. The first kappa shape index (κ1) is 16.7. The molecule has 120 valence electrons. The minimum Gasteiger partial charge on any atom is -0.550 e. The molecule has 2 rings (SSSR count). The van der Waals surface area contributed by atoms with E-state index in [1.54, 1.807) is 12.1 Å². The summed E-state index contributed by atoms with van der Waals surface area (Å²) in [6.07, 6.45) is 3.05. The molecule has 0 fully saturated rings. The number of ether oxygens (including phenoxy) is 1. The van der Waals surface area contributed by atoms with E-state index in [1.165, 1.54) is 0 Å². The van der Waals surface area contributed by atoms with Crippen LogP contribution in [0.2, 0.25) is 0 Å². The number of carbonyl (C=O) groups excluding carboxylic acids is 2. The zero-order valence-electron chi connectivity index (χ0n) is 12.9. The lowest BCUT2D eigenvalue weighted by molar-refractivity contribution is -0.305. The number of hydrogen-bond donors (Lipinski definition) is 0. The highest BCUT2D eigenvalue weighted by atomic mass is 16.5. The highest BCUT2D eigenvalue weighted by Crippen LogP contribution is 2.23. The van der Waals surface area contributed by atoms with E-state index >= 15 is 0 Å². The predicted molar refractivity (Wildman–Crippen MR) is 87.4 cm³/mol. The molecular weight excluding hydrogens is 292 g/mol. The van der Waals surface area contributed by atoms with Crippen molar-refractivity contribution in [3.63, 3.8) is 0 Å². The van der Waals surface area contributed by atoms with Crippen molar-refractivity contribution in [3.8, 4) is 5.75 Å². The van der Waals surface area contributed by atoms with Gasteiger partial charge in [-0.05, 0) is 48.2 Å². The lowest BCUT2D eigenvalue weighted by Crippen LogP contribution is -2.21. The van der Waals surface area contributed by atoms with Gasteiger partial charge in [0.2, 0.25) is 0 Å². The van der Waals surface area contributed by atoms with Crippen molar-refractivity contribution < 1.29 is 19.4 Å². The number of benzene rings is 2. The fourth-order valence-corrected chi connectivity index (χ4v) is 2.34. The van der Waals surface area contributed by atoms with Crippen LogP contribution in [0.4, 0.5) is 0 Å². The quantitative estimate of drug-likeness (QED) is 0.406. The Bertz CT molecular complexity index is 718. The largest absolute Gasteiger partial charge is 0.550 e. The molecule has 0 atom stereocenters. The SMILES string of the molecule is C=CCOc1ccc2cc(C(=O)CCCCC(=O)[O-])ccc2c1. The van der Waals surface area contributed by atoms with Gasteiger partial charge in [-0.2, -0.15) is 0 Å². The Morgan fingerprint density at radius 3 is 2.48 bits per heavy atom. The van der Waals surface area contributed by atoms with Crippen LogP contribution in [0.15, 0.2) is 49.1 Å². The number of carboxylic acids is 1. The molecule has 0 saturated carbocycles. The lowest BCUT2D eigenvalue weighted by Gasteiger charge is -2.07. The van der Waals surface area contributed by atoms with Crippen molar-refractivity contribution in [2.45, 2.75) is 25.7 Å². The molecule has 0 spiro atoms. The van der Waals surface area contributed by atoms with Gasteiger partial charge >= 0.3 is 0 Å². The van der Waals surface area contributed by atoms with Crippen molar-refractivity contribution in [2.24, 2.45) is 0 Å². The van der Waals surface area contributed by atoms with Crippen molar-refractivity contribution in [2.75, 3.05) is 6.61 Å². The Hall–Kier alpha value is -2.62. The van der Waals surface area contributed by atoms with E-state index in [-0.39, 0.29) is 12.2 Å². The minimum atomic E-state index is -1.07. The maximum Gasteiger partial charge on any atom is 0.162 e. The summed E-state index contributed by atoms with van der Waals surface area (Å²) in [7, 11) is 0. The van der Waals surface area contributed by atoms with E-state index in [0.29, 0.717) is 31.4 Å². The zero-order chi connectivity index (χ0) is 16.7. The van der Waals surface area contributed by atoms with Gasteiger partial charge < -0.3 is 14.6 Å². The van der Waals surface area contributed by atoms with E-state index < -0.39 is 5.97 Å². The van der Waals surface area contributed by atoms with Crippen molar-refractivity contribution >= 4 is 22.5 Å². The Labute approximate surface area is 135 Å². The standard InChI is InChI=1S/C19H20O4/c1-2-11-23-17-10-9-14-12-16(8-7-15(14)13-17)18(20)5-3-4-6-19(21)22/h2,7-10,12-13H,1,3-6,11H2,(H,21,22)/p-1.